The molecule has 0 radical (unpaired) electrons. The van der Waals surface area contributed by atoms with Gasteiger partial charge in [0.25, 0.3) is 5.91 Å². The molecule has 4 nitrogen and oxygen atoms in total. The summed E-state index contributed by atoms with van der Waals surface area (Å²) in [6.45, 7) is 1.69. The van der Waals surface area contributed by atoms with Crippen LogP contribution in [-0.4, -0.2) is 17.0 Å². The van der Waals surface area contributed by atoms with Gasteiger partial charge in [-0.3, -0.25) is 10.1 Å². The summed E-state index contributed by atoms with van der Waals surface area (Å²) in [5, 5.41) is 5.05. The molecular formula is C24H19FN2O2S. The molecular weight excluding hydrogens is 399 g/mol. The Morgan fingerprint density at radius 3 is 2.27 bits per heavy atom. The van der Waals surface area contributed by atoms with Crippen LogP contribution in [0.1, 0.15) is 6.92 Å². The lowest BCUT2D eigenvalue weighted by molar-refractivity contribution is -0.122. The number of aromatic nitrogens is 1. The van der Waals surface area contributed by atoms with E-state index in [0.29, 0.717) is 16.6 Å². The first-order valence-corrected chi connectivity index (χ1v) is 10.3. The fourth-order valence-electron chi connectivity index (χ4n) is 2.91. The summed E-state index contributed by atoms with van der Waals surface area (Å²) >= 11 is 1.31. The van der Waals surface area contributed by atoms with Crippen LogP contribution in [0.3, 0.4) is 0 Å². The molecule has 1 heterocycles. The van der Waals surface area contributed by atoms with Gasteiger partial charge in [-0.25, -0.2) is 9.37 Å². The number of anilines is 1. The largest absolute Gasteiger partial charge is 0.481 e. The highest BCUT2D eigenvalue weighted by Gasteiger charge is 2.17. The number of benzene rings is 3. The van der Waals surface area contributed by atoms with Gasteiger partial charge >= 0.3 is 0 Å². The van der Waals surface area contributed by atoms with Gasteiger partial charge in [-0.1, -0.05) is 42.5 Å². The molecule has 1 amide bonds. The van der Waals surface area contributed by atoms with Crippen LogP contribution in [0, 0.1) is 5.82 Å². The summed E-state index contributed by atoms with van der Waals surface area (Å²) in [6.07, 6.45) is -0.689. The predicted octanol–water partition coefficient (Wildman–Crippen LogP) is 6.02. The van der Waals surface area contributed by atoms with E-state index in [1.54, 1.807) is 19.1 Å². The number of halogens is 1. The van der Waals surface area contributed by atoms with Crippen LogP contribution in [0.5, 0.6) is 5.75 Å². The van der Waals surface area contributed by atoms with E-state index in [1.165, 1.54) is 23.5 Å². The second kappa shape index (κ2) is 8.88. The molecule has 0 aliphatic rings. The van der Waals surface area contributed by atoms with Crippen LogP contribution in [0.2, 0.25) is 0 Å². The second-order valence-electron chi connectivity index (χ2n) is 6.68. The summed E-state index contributed by atoms with van der Waals surface area (Å²) in [5.41, 5.74) is 3.67. The molecule has 0 aliphatic carbocycles. The Morgan fingerprint density at radius 2 is 1.57 bits per heavy atom. The zero-order valence-corrected chi connectivity index (χ0v) is 17.0. The van der Waals surface area contributed by atoms with Crippen molar-refractivity contribution < 1.29 is 13.9 Å². The number of ether oxygens (including phenoxy) is 1. The van der Waals surface area contributed by atoms with E-state index in [0.717, 1.165) is 16.7 Å². The minimum Gasteiger partial charge on any atom is -0.481 e. The molecule has 0 spiro atoms. The molecule has 0 aliphatic heterocycles. The molecule has 30 heavy (non-hydrogen) atoms. The van der Waals surface area contributed by atoms with Crippen molar-refractivity contribution in [2.45, 2.75) is 13.0 Å². The lowest BCUT2D eigenvalue weighted by Crippen LogP contribution is -2.30. The Hall–Kier alpha value is -3.51. The van der Waals surface area contributed by atoms with Crippen LogP contribution in [0.25, 0.3) is 22.4 Å². The Morgan fingerprint density at radius 1 is 0.933 bits per heavy atom. The Bertz CT molecular complexity index is 1130. The fourth-order valence-corrected chi connectivity index (χ4v) is 3.63. The number of hydrogen-bond acceptors (Lipinski definition) is 4. The number of carbonyl (C=O) groups excluding carboxylic acids is 1. The van der Waals surface area contributed by atoms with E-state index in [9.17, 15) is 9.18 Å². The highest BCUT2D eigenvalue weighted by atomic mass is 32.1. The number of carbonyl (C=O) groups is 1. The molecule has 1 atom stereocenters. The molecule has 6 heteroatoms. The molecule has 3 aromatic carbocycles. The zero-order valence-electron chi connectivity index (χ0n) is 16.2. The first-order chi connectivity index (χ1) is 14.6. The van der Waals surface area contributed by atoms with Crippen molar-refractivity contribution in [1.29, 1.82) is 0 Å². The van der Waals surface area contributed by atoms with Gasteiger partial charge in [0.1, 0.15) is 11.6 Å². The second-order valence-corrected chi connectivity index (χ2v) is 7.54. The lowest BCUT2D eigenvalue weighted by atomic mass is 10.1. The van der Waals surface area contributed by atoms with Gasteiger partial charge in [0.2, 0.25) is 0 Å². The van der Waals surface area contributed by atoms with Gasteiger partial charge in [-0.05, 0) is 54.4 Å². The molecule has 0 saturated carbocycles. The maximum Gasteiger partial charge on any atom is 0.266 e. The van der Waals surface area contributed by atoms with Crippen molar-refractivity contribution in [2.75, 3.05) is 5.32 Å². The number of thiazole rings is 1. The molecule has 0 fully saturated rings. The van der Waals surface area contributed by atoms with Gasteiger partial charge in [-0.15, -0.1) is 11.3 Å². The quantitative estimate of drug-likeness (QED) is 0.416. The molecule has 1 unspecified atom stereocenters. The van der Waals surface area contributed by atoms with E-state index >= 15 is 0 Å². The maximum atomic E-state index is 13.1. The highest BCUT2D eigenvalue weighted by molar-refractivity contribution is 7.14. The van der Waals surface area contributed by atoms with Crippen molar-refractivity contribution in [3.8, 4) is 28.1 Å². The molecule has 0 saturated heterocycles. The van der Waals surface area contributed by atoms with Gasteiger partial charge in [0.15, 0.2) is 11.2 Å². The SMILES string of the molecule is CC(Oc1ccc(-c2ccccc2)cc1)C(=O)Nc1nc(-c2ccc(F)cc2)cs1. The third-order valence-electron chi connectivity index (χ3n) is 4.52. The monoisotopic (exact) mass is 418 g/mol. The van der Waals surface area contributed by atoms with Crippen LogP contribution in [-0.2, 0) is 4.79 Å². The number of nitrogens with zero attached hydrogens (tertiary/aromatic N) is 1. The Kier molecular flexibility index (Phi) is 5.86. The van der Waals surface area contributed by atoms with Crippen molar-refractivity contribution in [3.05, 3.63) is 90.1 Å². The topological polar surface area (TPSA) is 51.2 Å². The lowest BCUT2D eigenvalue weighted by Gasteiger charge is -2.14. The molecule has 150 valence electrons. The summed E-state index contributed by atoms with van der Waals surface area (Å²) in [5.74, 6) is 0.0240. The highest BCUT2D eigenvalue weighted by Crippen LogP contribution is 2.26. The van der Waals surface area contributed by atoms with E-state index in [2.05, 4.69) is 10.3 Å². The first-order valence-electron chi connectivity index (χ1n) is 9.43. The van der Waals surface area contributed by atoms with Crippen LogP contribution in [0.4, 0.5) is 9.52 Å². The van der Waals surface area contributed by atoms with Crippen molar-refractivity contribution >= 4 is 22.4 Å². The maximum absolute atomic E-state index is 13.1. The van der Waals surface area contributed by atoms with E-state index in [1.807, 2.05) is 60.0 Å². The molecule has 1 N–H and O–H groups in total. The molecule has 1 aromatic heterocycles. The van der Waals surface area contributed by atoms with Crippen LogP contribution in [0.15, 0.2) is 84.2 Å². The molecule has 0 bridgehead atoms. The smallest absolute Gasteiger partial charge is 0.266 e. The molecule has 4 aromatic rings. The predicted molar refractivity (Wildman–Crippen MR) is 118 cm³/mol. The van der Waals surface area contributed by atoms with E-state index < -0.39 is 6.10 Å². The fraction of sp³-hybridized carbons (Fsp3) is 0.0833. The first kappa shape index (κ1) is 19.8. The summed E-state index contributed by atoms with van der Waals surface area (Å²) in [4.78, 5) is 16.9. The summed E-state index contributed by atoms with van der Waals surface area (Å²) in [6, 6.07) is 23.7. The normalized spacial score (nSPS) is 11.7. The van der Waals surface area contributed by atoms with Crippen molar-refractivity contribution in [1.82, 2.24) is 4.98 Å². The van der Waals surface area contributed by atoms with Gasteiger partial charge < -0.3 is 4.74 Å². The number of rotatable bonds is 6. The minimum atomic E-state index is -0.689. The average molecular weight is 418 g/mol. The van der Waals surface area contributed by atoms with Crippen LogP contribution >= 0.6 is 11.3 Å². The Labute approximate surface area is 178 Å². The third-order valence-corrected chi connectivity index (χ3v) is 5.28. The minimum absolute atomic E-state index is 0.290. The number of hydrogen-bond donors (Lipinski definition) is 1. The van der Waals surface area contributed by atoms with Gasteiger partial charge in [0, 0.05) is 10.9 Å². The Balaban J connectivity index is 1.37. The van der Waals surface area contributed by atoms with E-state index in [-0.39, 0.29) is 11.7 Å². The third kappa shape index (κ3) is 4.72. The zero-order chi connectivity index (χ0) is 20.9. The van der Waals surface area contributed by atoms with Gasteiger partial charge in [-0.2, -0.15) is 0 Å². The number of amides is 1. The van der Waals surface area contributed by atoms with E-state index in [4.69, 9.17) is 4.74 Å². The molecule has 4 rings (SSSR count). The number of nitrogens with one attached hydrogen (secondary N) is 1. The van der Waals surface area contributed by atoms with Crippen molar-refractivity contribution in [2.24, 2.45) is 0 Å². The van der Waals surface area contributed by atoms with Crippen molar-refractivity contribution in [3.63, 3.8) is 0 Å². The average Bonchev–Trinajstić information content (AvgIpc) is 3.24. The summed E-state index contributed by atoms with van der Waals surface area (Å²) in [7, 11) is 0. The van der Waals surface area contributed by atoms with Gasteiger partial charge in [0.05, 0.1) is 5.69 Å². The standard InChI is InChI=1S/C24H19FN2O2S/c1-16(29-21-13-9-18(10-14-21)17-5-3-2-4-6-17)23(28)27-24-26-22(15-30-24)19-7-11-20(25)12-8-19/h2-16H,1H3,(H,26,27,28). The summed E-state index contributed by atoms with van der Waals surface area (Å²) < 4.78 is 18.8. The van der Waals surface area contributed by atoms with Crippen LogP contribution < -0.4 is 10.1 Å².